The first-order valence-electron chi connectivity index (χ1n) is 12.3. The van der Waals surface area contributed by atoms with Gasteiger partial charge in [0.2, 0.25) is 5.91 Å². The third kappa shape index (κ3) is 5.55. The maximum absolute atomic E-state index is 13.4. The Bertz CT molecular complexity index is 831. The molecule has 8 nitrogen and oxygen atoms in total. The van der Waals surface area contributed by atoms with Crippen LogP contribution in [0.5, 0.6) is 0 Å². The number of amides is 4. The number of rotatable bonds is 9. The molecule has 1 aromatic rings. The Morgan fingerprint density at radius 3 is 2.70 bits per heavy atom. The number of para-hydroxylation sites is 1. The number of hydrogen-bond donors (Lipinski definition) is 1. The molecule has 1 aromatic carbocycles. The normalized spacial score (nSPS) is 25.6. The van der Waals surface area contributed by atoms with Crippen LogP contribution in [0.25, 0.3) is 0 Å². The molecule has 3 heterocycles. The van der Waals surface area contributed by atoms with Crippen molar-refractivity contribution < 1.29 is 19.1 Å². The van der Waals surface area contributed by atoms with Crippen LogP contribution in [0.4, 0.5) is 10.5 Å². The van der Waals surface area contributed by atoms with E-state index in [0.29, 0.717) is 37.3 Å². The van der Waals surface area contributed by atoms with Gasteiger partial charge in [0.1, 0.15) is 6.04 Å². The number of hydrogen-bond acceptors (Lipinski definition) is 5. The maximum Gasteiger partial charge on any atom is 0.329 e. The van der Waals surface area contributed by atoms with Crippen molar-refractivity contribution in [1.82, 2.24) is 15.1 Å². The van der Waals surface area contributed by atoms with Gasteiger partial charge in [-0.25, -0.2) is 9.69 Å². The van der Waals surface area contributed by atoms with E-state index in [1.54, 1.807) is 31.4 Å². The first-order valence-corrected chi connectivity index (χ1v) is 12.3. The van der Waals surface area contributed by atoms with Gasteiger partial charge in [-0.2, -0.15) is 0 Å². The van der Waals surface area contributed by atoms with E-state index >= 15 is 0 Å². The number of urea groups is 1. The molecule has 3 saturated heterocycles. The van der Waals surface area contributed by atoms with Gasteiger partial charge in [0, 0.05) is 32.8 Å². The Kier molecular flexibility index (Phi) is 7.98. The highest BCUT2D eigenvalue weighted by Gasteiger charge is 2.41. The summed E-state index contributed by atoms with van der Waals surface area (Å²) in [5.74, 6) is 0.0142. The number of fused-ring (bicyclic) bond motifs is 1. The van der Waals surface area contributed by atoms with Crippen LogP contribution in [-0.4, -0.2) is 79.6 Å². The second-order valence-electron chi connectivity index (χ2n) is 9.40. The van der Waals surface area contributed by atoms with Crippen molar-refractivity contribution in [3.05, 3.63) is 30.3 Å². The number of anilines is 1. The molecular formula is C25H36N4O4. The van der Waals surface area contributed by atoms with Crippen LogP contribution >= 0.6 is 0 Å². The fourth-order valence-electron chi connectivity index (χ4n) is 5.59. The van der Waals surface area contributed by atoms with Crippen molar-refractivity contribution in [3.8, 4) is 0 Å². The highest BCUT2D eigenvalue weighted by atomic mass is 16.5. The van der Waals surface area contributed by atoms with E-state index in [2.05, 4.69) is 10.2 Å². The molecule has 1 N–H and O–H groups in total. The monoisotopic (exact) mass is 456 g/mol. The number of methoxy groups -OCH3 is 1. The third-order valence-corrected chi connectivity index (χ3v) is 7.23. The minimum absolute atomic E-state index is 0.0119. The van der Waals surface area contributed by atoms with Crippen LogP contribution in [0, 0.1) is 5.92 Å². The second-order valence-corrected chi connectivity index (χ2v) is 9.40. The van der Waals surface area contributed by atoms with Crippen molar-refractivity contribution in [2.45, 2.75) is 57.0 Å². The van der Waals surface area contributed by atoms with Gasteiger partial charge in [-0.05, 0) is 63.2 Å². The fourth-order valence-corrected chi connectivity index (χ4v) is 5.59. The fraction of sp³-hybridized carbons (Fsp3) is 0.640. The number of imide groups is 1. The zero-order valence-corrected chi connectivity index (χ0v) is 19.6. The lowest BCUT2D eigenvalue weighted by Crippen LogP contribution is -2.52. The molecule has 0 spiro atoms. The summed E-state index contributed by atoms with van der Waals surface area (Å²) in [6, 6.07) is 8.09. The molecule has 4 rings (SSSR count). The van der Waals surface area contributed by atoms with Gasteiger partial charge in [-0.1, -0.05) is 24.6 Å². The average Bonchev–Trinajstić information content (AvgIpc) is 3.11. The molecule has 0 aliphatic carbocycles. The topological polar surface area (TPSA) is 82.2 Å². The molecule has 0 aromatic heterocycles. The van der Waals surface area contributed by atoms with Gasteiger partial charge in [0.15, 0.2) is 0 Å². The summed E-state index contributed by atoms with van der Waals surface area (Å²) < 4.78 is 5.21. The number of piperidine rings is 2. The molecular weight excluding hydrogens is 420 g/mol. The van der Waals surface area contributed by atoms with Crippen molar-refractivity contribution in [2.75, 3.05) is 44.8 Å². The molecule has 3 aliphatic rings. The standard InChI is InChI=1S/C25H36N4O4/c1-33-16-8-15-28(18-19-9-7-14-27-13-6-5-12-22(19)27)23(30)17-21-24(31)29(25(32)26-21)20-10-3-2-4-11-20/h2-4,10-11,19,21-22H,5-9,12-18H2,1H3,(H,26,32)/t19-,21-,22-/m0/s1. The van der Waals surface area contributed by atoms with Gasteiger partial charge < -0.3 is 19.9 Å². The van der Waals surface area contributed by atoms with Crippen LogP contribution in [0.3, 0.4) is 0 Å². The number of nitrogens with zero attached hydrogens (tertiary/aromatic N) is 3. The zero-order valence-electron chi connectivity index (χ0n) is 19.6. The quantitative estimate of drug-likeness (QED) is 0.456. The Labute approximate surface area is 196 Å². The molecule has 33 heavy (non-hydrogen) atoms. The van der Waals surface area contributed by atoms with E-state index in [1.165, 1.54) is 25.7 Å². The number of nitrogens with one attached hydrogen (secondary N) is 1. The van der Waals surface area contributed by atoms with E-state index < -0.39 is 12.1 Å². The Morgan fingerprint density at radius 2 is 1.91 bits per heavy atom. The van der Waals surface area contributed by atoms with Crippen LogP contribution in [0.1, 0.15) is 44.9 Å². The molecule has 180 valence electrons. The van der Waals surface area contributed by atoms with E-state index in [9.17, 15) is 14.4 Å². The summed E-state index contributed by atoms with van der Waals surface area (Å²) in [7, 11) is 1.66. The Hall–Kier alpha value is -2.45. The molecule has 0 bridgehead atoms. The first kappa shape index (κ1) is 23.7. The maximum atomic E-state index is 13.4. The summed E-state index contributed by atoms with van der Waals surface area (Å²) in [6.45, 7) is 4.23. The van der Waals surface area contributed by atoms with E-state index in [0.717, 1.165) is 30.8 Å². The van der Waals surface area contributed by atoms with Gasteiger partial charge in [0.05, 0.1) is 12.1 Å². The van der Waals surface area contributed by atoms with Gasteiger partial charge in [-0.3, -0.25) is 9.59 Å². The first-order chi connectivity index (χ1) is 16.1. The van der Waals surface area contributed by atoms with Crippen LogP contribution in [0.2, 0.25) is 0 Å². The molecule has 3 aliphatic heterocycles. The SMILES string of the molecule is COCCCN(C[C@@H]1CCCN2CCCC[C@@H]12)C(=O)C[C@@H]1NC(=O)N(c2ccccc2)C1=O. The summed E-state index contributed by atoms with van der Waals surface area (Å²) >= 11 is 0. The summed E-state index contributed by atoms with van der Waals surface area (Å²) in [5.41, 5.74) is 0.520. The lowest BCUT2D eigenvalue weighted by Gasteiger charge is -2.45. The highest BCUT2D eigenvalue weighted by molar-refractivity contribution is 6.22. The summed E-state index contributed by atoms with van der Waals surface area (Å²) in [4.78, 5) is 44.5. The van der Waals surface area contributed by atoms with Gasteiger partial charge >= 0.3 is 6.03 Å². The third-order valence-electron chi connectivity index (χ3n) is 7.23. The summed E-state index contributed by atoms with van der Waals surface area (Å²) in [5, 5.41) is 2.71. The van der Waals surface area contributed by atoms with Crippen molar-refractivity contribution >= 4 is 23.5 Å². The number of ether oxygens (including phenoxy) is 1. The zero-order chi connectivity index (χ0) is 23.2. The summed E-state index contributed by atoms with van der Waals surface area (Å²) in [6.07, 6.45) is 6.77. The van der Waals surface area contributed by atoms with Crippen molar-refractivity contribution in [3.63, 3.8) is 0 Å². The number of benzene rings is 1. The second kappa shape index (κ2) is 11.1. The van der Waals surface area contributed by atoms with E-state index in [1.807, 2.05) is 11.0 Å². The molecule has 0 unspecified atom stereocenters. The van der Waals surface area contributed by atoms with Crippen LogP contribution in [0.15, 0.2) is 30.3 Å². The van der Waals surface area contributed by atoms with Crippen molar-refractivity contribution in [1.29, 1.82) is 0 Å². The lowest BCUT2D eigenvalue weighted by atomic mass is 9.83. The molecule has 0 radical (unpaired) electrons. The molecule has 8 heteroatoms. The molecule has 4 amide bonds. The van der Waals surface area contributed by atoms with Gasteiger partial charge in [-0.15, -0.1) is 0 Å². The molecule has 3 fully saturated rings. The van der Waals surface area contributed by atoms with Crippen LogP contribution < -0.4 is 10.2 Å². The smallest absolute Gasteiger partial charge is 0.329 e. The number of carbonyl (C=O) groups is 3. The van der Waals surface area contributed by atoms with Gasteiger partial charge in [0.25, 0.3) is 5.91 Å². The lowest BCUT2D eigenvalue weighted by molar-refractivity contribution is -0.135. The predicted molar refractivity (Wildman–Crippen MR) is 126 cm³/mol. The largest absolute Gasteiger partial charge is 0.385 e. The minimum atomic E-state index is -0.826. The Balaban J connectivity index is 1.42. The van der Waals surface area contributed by atoms with E-state index in [4.69, 9.17) is 4.74 Å². The predicted octanol–water partition coefficient (Wildman–Crippen LogP) is 2.63. The Morgan fingerprint density at radius 1 is 1.12 bits per heavy atom. The minimum Gasteiger partial charge on any atom is -0.385 e. The number of carbonyl (C=O) groups excluding carboxylic acids is 3. The molecule has 0 saturated carbocycles. The molecule has 3 atom stereocenters. The van der Waals surface area contributed by atoms with Crippen molar-refractivity contribution in [2.24, 2.45) is 5.92 Å². The van der Waals surface area contributed by atoms with Crippen LogP contribution in [-0.2, 0) is 14.3 Å². The van der Waals surface area contributed by atoms with E-state index in [-0.39, 0.29) is 18.2 Å². The average molecular weight is 457 g/mol. The highest BCUT2D eigenvalue weighted by Crippen LogP contribution is 2.31.